The van der Waals surface area contributed by atoms with Crippen LogP contribution in [-0.2, 0) is 14.4 Å². The van der Waals surface area contributed by atoms with Crippen LogP contribution in [0.5, 0.6) is 0 Å². The van der Waals surface area contributed by atoms with Gasteiger partial charge in [-0.05, 0) is 49.8 Å². The van der Waals surface area contributed by atoms with Crippen molar-refractivity contribution in [1.82, 2.24) is 20.9 Å². The molecule has 0 radical (unpaired) electrons. The van der Waals surface area contributed by atoms with Gasteiger partial charge in [0, 0.05) is 23.4 Å². The van der Waals surface area contributed by atoms with E-state index < -0.39 is 41.6 Å². The number of benzene rings is 1. The van der Waals surface area contributed by atoms with Gasteiger partial charge < -0.3 is 26.0 Å². The van der Waals surface area contributed by atoms with Gasteiger partial charge in [-0.15, -0.1) is 0 Å². The van der Waals surface area contributed by atoms with Gasteiger partial charge in [-0.1, -0.05) is 24.4 Å². The second-order valence-electron chi connectivity index (χ2n) is 9.01. The fourth-order valence-electron chi connectivity index (χ4n) is 4.24. The number of carbonyl (C=O) groups is 4. The van der Waals surface area contributed by atoms with Gasteiger partial charge in [0.15, 0.2) is 0 Å². The Kier molecular flexibility index (Phi) is 7.06. The van der Waals surface area contributed by atoms with Crippen LogP contribution in [0.1, 0.15) is 49.0 Å². The second kappa shape index (κ2) is 10.0. The van der Waals surface area contributed by atoms with E-state index in [1.165, 1.54) is 18.2 Å². The van der Waals surface area contributed by atoms with E-state index in [1.54, 1.807) is 0 Å². The molecule has 2 fully saturated rings. The Bertz CT molecular complexity index is 1090. The Balaban J connectivity index is 1.45. The van der Waals surface area contributed by atoms with Crippen molar-refractivity contribution < 1.29 is 28.7 Å². The maximum absolute atomic E-state index is 13.7. The number of aromatic amines is 1. The van der Waals surface area contributed by atoms with Crippen molar-refractivity contribution in [2.75, 3.05) is 6.54 Å². The largest absolute Gasteiger partial charge is 0.480 e. The summed E-state index contributed by atoms with van der Waals surface area (Å²) in [5.74, 6) is -3.49. The lowest BCUT2D eigenvalue weighted by Crippen LogP contribution is -2.53. The van der Waals surface area contributed by atoms with Crippen molar-refractivity contribution in [2.24, 2.45) is 11.8 Å². The van der Waals surface area contributed by atoms with Gasteiger partial charge >= 0.3 is 5.97 Å². The number of carboxylic acids is 1. The summed E-state index contributed by atoms with van der Waals surface area (Å²) in [7, 11) is 0. The number of nitrogens with one attached hydrogen (secondary N) is 4. The molecule has 1 aliphatic carbocycles. The molecule has 0 bridgehead atoms. The van der Waals surface area contributed by atoms with Crippen LogP contribution in [0.25, 0.3) is 10.9 Å². The monoisotopic (exact) mass is 492 g/mol. The molecule has 11 heteroatoms. The van der Waals surface area contributed by atoms with Crippen molar-refractivity contribution in [1.29, 1.82) is 0 Å². The Hall–Kier alpha value is -3.14. The van der Waals surface area contributed by atoms with Crippen molar-refractivity contribution in [2.45, 2.75) is 50.6 Å². The molecule has 0 spiro atoms. The Morgan fingerprint density at radius 1 is 1.12 bits per heavy atom. The standard InChI is InChI=1S/C23H26ClFN4O5/c24-14-10-16-13(7-15(14)25)9-18(27-16)22(32)28-17(6-11-3-4-11)21(31)29-19(23(33)34)8-12-2-1-5-26-20(12)30/h7,9-12,17,19,27H,1-6,8H2,(H,26,30)(H,28,32)(H,29,31)(H,33,34)/t12-,17-,19-/m0/s1. The molecule has 2 aliphatic rings. The first-order valence-electron chi connectivity index (χ1n) is 11.3. The summed E-state index contributed by atoms with van der Waals surface area (Å²) in [6.45, 7) is 0.557. The molecule has 1 saturated heterocycles. The van der Waals surface area contributed by atoms with Crippen LogP contribution < -0.4 is 16.0 Å². The third-order valence-electron chi connectivity index (χ3n) is 6.33. The van der Waals surface area contributed by atoms with Gasteiger partial charge in [0.05, 0.1) is 5.02 Å². The minimum Gasteiger partial charge on any atom is -0.480 e. The number of hydrogen-bond donors (Lipinski definition) is 5. The molecular weight excluding hydrogens is 467 g/mol. The number of rotatable bonds is 9. The van der Waals surface area contributed by atoms with Crippen LogP contribution in [0.4, 0.5) is 4.39 Å². The van der Waals surface area contributed by atoms with E-state index in [0.29, 0.717) is 30.3 Å². The first-order valence-corrected chi connectivity index (χ1v) is 11.7. The van der Waals surface area contributed by atoms with Crippen LogP contribution in [0.2, 0.25) is 5.02 Å². The van der Waals surface area contributed by atoms with Gasteiger partial charge in [0.1, 0.15) is 23.6 Å². The lowest BCUT2D eigenvalue weighted by Gasteiger charge is -2.26. The van der Waals surface area contributed by atoms with Crippen molar-refractivity contribution in [3.05, 3.63) is 34.7 Å². The summed E-state index contributed by atoms with van der Waals surface area (Å²) in [5.41, 5.74) is 0.593. The van der Waals surface area contributed by atoms with Crippen LogP contribution >= 0.6 is 11.6 Å². The van der Waals surface area contributed by atoms with E-state index in [1.807, 2.05) is 0 Å². The summed E-state index contributed by atoms with van der Waals surface area (Å²) in [6, 6.07) is 1.83. The fraction of sp³-hybridized carbons (Fsp3) is 0.478. The highest BCUT2D eigenvalue weighted by atomic mass is 35.5. The molecule has 2 heterocycles. The number of piperidine rings is 1. The van der Waals surface area contributed by atoms with E-state index in [4.69, 9.17) is 11.6 Å². The SMILES string of the molecule is O=C(N[C@@H](CC1CC1)C(=O)N[C@@H](C[C@@H]1CCCNC1=O)C(=O)O)c1cc2cc(F)c(Cl)cc2[nH]1. The highest BCUT2D eigenvalue weighted by molar-refractivity contribution is 6.31. The zero-order valence-corrected chi connectivity index (χ0v) is 19.1. The fourth-order valence-corrected chi connectivity index (χ4v) is 4.41. The molecule has 1 saturated carbocycles. The van der Waals surface area contributed by atoms with Gasteiger partial charge in [-0.2, -0.15) is 0 Å². The third kappa shape index (κ3) is 5.67. The zero-order valence-electron chi connectivity index (χ0n) is 18.3. The molecule has 0 unspecified atom stereocenters. The quantitative estimate of drug-likeness (QED) is 0.365. The van der Waals surface area contributed by atoms with E-state index >= 15 is 0 Å². The molecule has 3 atom stereocenters. The van der Waals surface area contributed by atoms with Crippen LogP contribution in [0.3, 0.4) is 0 Å². The topological polar surface area (TPSA) is 140 Å². The van der Waals surface area contributed by atoms with E-state index in [9.17, 15) is 28.7 Å². The van der Waals surface area contributed by atoms with Gasteiger partial charge in [0.25, 0.3) is 5.91 Å². The summed E-state index contributed by atoms with van der Waals surface area (Å²) in [4.78, 5) is 52.6. The van der Waals surface area contributed by atoms with Crippen LogP contribution in [0.15, 0.2) is 18.2 Å². The normalized spacial score (nSPS) is 19.8. The number of amides is 3. The number of carbonyl (C=O) groups excluding carboxylic acids is 3. The number of carboxylic acid groups (broad SMARTS) is 1. The number of fused-ring (bicyclic) bond motifs is 1. The summed E-state index contributed by atoms with van der Waals surface area (Å²) in [5, 5.41) is 17.9. The van der Waals surface area contributed by atoms with Crippen molar-refractivity contribution in [3.63, 3.8) is 0 Å². The van der Waals surface area contributed by atoms with Crippen molar-refractivity contribution >= 4 is 46.2 Å². The maximum atomic E-state index is 13.7. The average Bonchev–Trinajstić information content (AvgIpc) is 3.52. The van der Waals surface area contributed by atoms with Gasteiger partial charge in [-0.3, -0.25) is 14.4 Å². The molecular formula is C23H26ClFN4O5. The molecule has 1 aromatic carbocycles. The zero-order chi connectivity index (χ0) is 24.4. The first-order chi connectivity index (χ1) is 16.2. The summed E-state index contributed by atoms with van der Waals surface area (Å²) >= 11 is 5.80. The number of halogens is 2. The highest BCUT2D eigenvalue weighted by Crippen LogP contribution is 2.34. The molecule has 1 aliphatic heterocycles. The molecule has 4 rings (SSSR count). The van der Waals surface area contributed by atoms with Gasteiger partial charge in [-0.25, -0.2) is 9.18 Å². The summed E-state index contributed by atoms with van der Waals surface area (Å²) < 4.78 is 13.7. The molecule has 2 aromatic rings. The highest BCUT2D eigenvalue weighted by Gasteiger charge is 2.35. The molecule has 1 aromatic heterocycles. The Morgan fingerprint density at radius 2 is 1.88 bits per heavy atom. The third-order valence-corrected chi connectivity index (χ3v) is 6.62. The predicted octanol–water partition coefficient (Wildman–Crippen LogP) is 2.34. The van der Waals surface area contributed by atoms with E-state index in [-0.39, 0.29) is 29.0 Å². The minimum atomic E-state index is -1.25. The number of aliphatic carboxylic acids is 1. The smallest absolute Gasteiger partial charge is 0.326 e. The molecule has 182 valence electrons. The molecule has 5 N–H and O–H groups in total. The first kappa shape index (κ1) is 24.0. The number of aromatic nitrogens is 1. The van der Waals surface area contributed by atoms with E-state index in [0.717, 1.165) is 19.3 Å². The lowest BCUT2D eigenvalue weighted by atomic mass is 9.91. The van der Waals surface area contributed by atoms with E-state index in [2.05, 4.69) is 20.9 Å². The van der Waals surface area contributed by atoms with Crippen LogP contribution in [-0.4, -0.2) is 52.4 Å². The number of hydrogen-bond acceptors (Lipinski definition) is 4. The average molecular weight is 493 g/mol. The molecule has 34 heavy (non-hydrogen) atoms. The minimum absolute atomic E-state index is 0.0225. The maximum Gasteiger partial charge on any atom is 0.326 e. The Morgan fingerprint density at radius 3 is 2.56 bits per heavy atom. The Labute approximate surface area is 199 Å². The number of H-pyrrole nitrogens is 1. The van der Waals surface area contributed by atoms with Crippen molar-refractivity contribution in [3.8, 4) is 0 Å². The summed E-state index contributed by atoms with van der Waals surface area (Å²) in [6.07, 6.45) is 3.50. The van der Waals surface area contributed by atoms with Gasteiger partial charge in [0.2, 0.25) is 11.8 Å². The second-order valence-corrected chi connectivity index (χ2v) is 9.41. The van der Waals surface area contributed by atoms with Crippen LogP contribution in [0, 0.1) is 17.7 Å². The molecule has 9 nitrogen and oxygen atoms in total. The predicted molar refractivity (Wildman–Crippen MR) is 122 cm³/mol. The molecule has 3 amide bonds. The lowest BCUT2D eigenvalue weighted by molar-refractivity contribution is -0.143.